The molecule has 1 saturated heterocycles. The number of likely N-dealkylation sites (tertiary alicyclic amines) is 1. The van der Waals surface area contributed by atoms with Crippen LogP contribution in [0.3, 0.4) is 0 Å². The molecule has 2 fully saturated rings. The van der Waals surface area contributed by atoms with Crippen LogP contribution >= 0.6 is 0 Å². The average Bonchev–Trinajstić information content (AvgIpc) is 3.05. The largest absolute Gasteiger partial charge is 0.312 e. The van der Waals surface area contributed by atoms with Crippen molar-refractivity contribution in [3.8, 4) is 0 Å². The van der Waals surface area contributed by atoms with Gasteiger partial charge in [-0.1, -0.05) is 40.0 Å². The molecule has 0 radical (unpaired) electrons. The minimum Gasteiger partial charge on any atom is -0.312 e. The molecule has 2 aliphatic rings. The average molecular weight is 252 g/mol. The van der Waals surface area contributed by atoms with E-state index in [1.54, 1.807) is 0 Å². The Morgan fingerprint density at radius 3 is 2.17 bits per heavy atom. The number of rotatable bonds is 6. The van der Waals surface area contributed by atoms with E-state index in [-0.39, 0.29) is 0 Å². The molecule has 2 rings (SSSR count). The maximum Gasteiger partial charge on any atom is 0.0365 e. The first-order valence-corrected chi connectivity index (χ1v) is 8.23. The van der Waals surface area contributed by atoms with E-state index in [0.29, 0.717) is 11.6 Å². The molecule has 0 spiro atoms. The van der Waals surface area contributed by atoms with Crippen LogP contribution in [-0.4, -0.2) is 36.1 Å². The van der Waals surface area contributed by atoms with Crippen molar-refractivity contribution in [2.24, 2.45) is 5.92 Å². The SMILES string of the molecule is CCNC(C(C)CC)C1(N2CCCC2)CCCC1. The standard InChI is InChI=1S/C16H32N2/c1-4-14(3)15(17-5-2)16(10-6-7-11-16)18-12-8-9-13-18/h14-15,17H,4-13H2,1-3H3. The Morgan fingerprint density at radius 1 is 1.06 bits per heavy atom. The summed E-state index contributed by atoms with van der Waals surface area (Å²) >= 11 is 0. The first kappa shape index (κ1) is 14.3. The van der Waals surface area contributed by atoms with Crippen LogP contribution in [0.4, 0.5) is 0 Å². The molecule has 18 heavy (non-hydrogen) atoms. The molecule has 2 heteroatoms. The van der Waals surface area contributed by atoms with Crippen LogP contribution in [0.5, 0.6) is 0 Å². The Morgan fingerprint density at radius 2 is 1.67 bits per heavy atom. The number of nitrogens with zero attached hydrogens (tertiary/aromatic N) is 1. The minimum absolute atomic E-state index is 0.488. The van der Waals surface area contributed by atoms with Gasteiger partial charge in [-0.3, -0.25) is 4.90 Å². The number of nitrogens with one attached hydrogen (secondary N) is 1. The lowest BCUT2D eigenvalue weighted by molar-refractivity contribution is 0.0536. The van der Waals surface area contributed by atoms with Crippen molar-refractivity contribution >= 4 is 0 Å². The van der Waals surface area contributed by atoms with Crippen molar-refractivity contribution in [2.45, 2.75) is 77.3 Å². The second kappa shape index (κ2) is 6.38. The summed E-state index contributed by atoms with van der Waals surface area (Å²) in [6.45, 7) is 10.9. The second-order valence-corrected chi connectivity index (χ2v) is 6.43. The van der Waals surface area contributed by atoms with Crippen LogP contribution in [0, 0.1) is 5.92 Å². The summed E-state index contributed by atoms with van der Waals surface area (Å²) in [7, 11) is 0. The maximum absolute atomic E-state index is 3.85. The third-order valence-electron chi connectivity index (χ3n) is 5.42. The molecule has 0 aromatic heterocycles. The van der Waals surface area contributed by atoms with E-state index >= 15 is 0 Å². The normalized spacial score (nSPS) is 27.5. The molecule has 0 aromatic carbocycles. The van der Waals surface area contributed by atoms with E-state index in [1.807, 2.05) is 0 Å². The van der Waals surface area contributed by atoms with Crippen LogP contribution in [0.1, 0.15) is 65.7 Å². The van der Waals surface area contributed by atoms with E-state index in [0.717, 1.165) is 12.5 Å². The van der Waals surface area contributed by atoms with Crippen molar-refractivity contribution in [2.75, 3.05) is 19.6 Å². The van der Waals surface area contributed by atoms with Crippen LogP contribution in [0.15, 0.2) is 0 Å². The van der Waals surface area contributed by atoms with Crippen molar-refractivity contribution in [1.29, 1.82) is 0 Å². The molecular formula is C16H32N2. The van der Waals surface area contributed by atoms with Gasteiger partial charge in [0.25, 0.3) is 0 Å². The van der Waals surface area contributed by atoms with Gasteiger partial charge < -0.3 is 5.32 Å². The lowest BCUT2D eigenvalue weighted by Crippen LogP contribution is -2.61. The predicted molar refractivity (Wildman–Crippen MR) is 78.9 cm³/mol. The van der Waals surface area contributed by atoms with Crippen LogP contribution in [-0.2, 0) is 0 Å². The van der Waals surface area contributed by atoms with Gasteiger partial charge in [-0.25, -0.2) is 0 Å². The molecule has 1 saturated carbocycles. The van der Waals surface area contributed by atoms with Gasteiger partial charge in [0.1, 0.15) is 0 Å². The summed E-state index contributed by atoms with van der Waals surface area (Å²) in [5.41, 5.74) is 0.488. The Hall–Kier alpha value is -0.0800. The quantitative estimate of drug-likeness (QED) is 0.779. The van der Waals surface area contributed by atoms with Crippen molar-refractivity contribution in [1.82, 2.24) is 10.2 Å². The van der Waals surface area contributed by atoms with Gasteiger partial charge in [0.15, 0.2) is 0 Å². The van der Waals surface area contributed by atoms with Crippen molar-refractivity contribution in [3.05, 3.63) is 0 Å². The molecule has 2 unspecified atom stereocenters. The van der Waals surface area contributed by atoms with Gasteiger partial charge >= 0.3 is 0 Å². The van der Waals surface area contributed by atoms with E-state index in [2.05, 4.69) is 31.0 Å². The zero-order valence-corrected chi connectivity index (χ0v) is 12.7. The molecule has 1 heterocycles. The number of likely N-dealkylation sites (N-methyl/N-ethyl adjacent to an activating group) is 1. The zero-order chi connectivity index (χ0) is 13.0. The molecule has 1 N–H and O–H groups in total. The summed E-state index contributed by atoms with van der Waals surface area (Å²) in [6, 6.07) is 0.702. The summed E-state index contributed by atoms with van der Waals surface area (Å²) in [5, 5.41) is 3.85. The van der Waals surface area contributed by atoms with E-state index < -0.39 is 0 Å². The third kappa shape index (κ3) is 2.60. The Labute approximate surface area is 114 Å². The van der Waals surface area contributed by atoms with E-state index in [9.17, 15) is 0 Å². The molecule has 1 aliphatic heterocycles. The highest BCUT2D eigenvalue weighted by Crippen LogP contribution is 2.42. The van der Waals surface area contributed by atoms with Crippen molar-refractivity contribution in [3.63, 3.8) is 0 Å². The third-order valence-corrected chi connectivity index (χ3v) is 5.42. The monoisotopic (exact) mass is 252 g/mol. The van der Waals surface area contributed by atoms with Gasteiger partial charge in [0, 0.05) is 11.6 Å². The lowest BCUT2D eigenvalue weighted by atomic mass is 9.78. The number of hydrogen-bond donors (Lipinski definition) is 1. The summed E-state index contributed by atoms with van der Waals surface area (Å²) in [6.07, 6.45) is 9.86. The Kier molecular flexibility index (Phi) is 5.08. The predicted octanol–water partition coefficient (Wildman–Crippen LogP) is 3.42. The van der Waals surface area contributed by atoms with Crippen LogP contribution in [0.25, 0.3) is 0 Å². The van der Waals surface area contributed by atoms with Gasteiger partial charge in [0.2, 0.25) is 0 Å². The smallest absolute Gasteiger partial charge is 0.0365 e. The molecule has 0 aromatic rings. The molecular weight excluding hydrogens is 220 g/mol. The highest BCUT2D eigenvalue weighted by molar-refractivity contribution is 5.06. The Bertz CT molecular complexity index is 239. The van der Waals surface area contributed by atoms with Crippen molar-refractivity contribution < 1.29 is 0 Å². The van der Waals surface area contributed by atoms with Gasteiger partial charge in [0.05, 0.1) is 0 Å². The van der Waals surface area contributed by atoms with Gasteiger partial charge in [-0.15, -0.1) is 0 Å². The molecule has 2 nitrogen and oxygen atoms in total. The highest BCUT2D eigenvalue weighted by Gasteiger charge is 2.47. The topological polar surface area (TPSA) is 15.3 Å². The van der Waals surface area contributed by atoms with E-state index in [1.165, 1.54) is 58.0 Å². The first-order chi connectivity index (χ1) is 8.74. The first-order valence-electron chi connectivity index (χ1n) is 8.23. The lowest BCUT2D eigenvalue weighted by Gasteiger charge is -2.48. The maximum atomic E-state index is 3.85. The molecule has 0 amide bonds. The molecule has 1 aliphatic carbocycles. The van der Waals surface area contributed by atoms with Gasteiger partial charge in [-0.05, 0) is 51.2 Å². The van der Waals surface area contributed by atoms with E-state index in [4.69, 9.17) is 0 Å². The Balaban J connectivity index is 2.19. The fourth-order valence-electron chi connectivity index (χ4n) is 4.35. The summed E-state index contributed by atoms with van der Waals surface area (Å²) in [4.78, 5) is 2.85. The molecule has 0 bridgehead atoms. The molecule has 106 valence electrons. The van der Waals surface area contributed by atoms with Crippen LogP contribution < -0.4 is 5.32 Å². The fraction of sp³-hybridized carbons (Fsp3) is 1.00. The number of hydrogen-bond acceptors (Lipinski definition) is 2. The zero-order valence-electron chi connectivity index (χ0n) is 12.7. The summed E-state index contributed by atoms with van der Waals surface area (Å²) < 4.78 is 0. The molecule has 2 atom stereocenters. The fourth-order valence-corrected chi connectivity index (χ4v) is 4.35. The minimum atomic E-state index is 0.488. The highest BCUT2D eigenvalue weighted by atomic mass is 15.2. The summed E-state index contributed by atoms with van der Waals surface area (Å²) in [5.74, 6) is 0.795. The second-order valence-electron chi connectivity index (χ2n) is 6.43. The van der Waals surface area contributed by atoms with Gasteiger partial charge in [-0.2, -0.15) is 0 Å². The van der Waals surface area contributed by atoms with Crippen LogP contribution in [0.2, 0.25) is 0 Å².